The molecule has 0 radical (unpaired) electrons. The van der Waals surface area contributed by atoms with E-state index < -0.39 is 10.0 Å². The number of benzene rings is 2. The fraction of sp³-hybridized carbons (Fsp3) is 0.500. The first-order valence-corrected chi connectivity index (χ1v) is 12.6. The second-order valence-electron chi connectivity index (χ2n) is 9.37. The van der Waals surface area contributed by atoms with Gasteiger partial charge in [0.05, 0.1) is 4.90 Å². The van der Waals surface area contributed by atoms with Gasteiger partial charge in [0.25, 0.3) is 0 Å². The van der Waals surface area contributed by atoms with E-state index in [1.165, 1.54) is 6.07 Å². The molecule has 1 aliphatic carbocycles. The summed E-state index contributed by atoms with van der Waals surface area (Å²) in [6.07, 6.45) is 1.33. The van der Waals surface area contributed by atoms with Gasteiger partial charge in [-0.2, -0.15) is 0 Å². The molecule has 1 saturated heterocycles. The highest BCUT2D eigenvalue weighted by Crippen LogP contribution is 2.36. The largest absolute Gasteiger partial charge is 0.484 e. The molecule has 6 nitrogen and oxygen atoms in total. The summed E-state index contributed by atoms with van der Waals surface area (Å²) in [6.45, 7) is 9.08. The predicted octanol–water partition coefficient (Wildman–Crippen LogP) is 3.38. The van der Waals surface area contributed by atoms with Crippen LogP contribution in [-0.2, 0) is 10.0 Å². The molecule has 1 saturated carbocycles. The molecule has 0 amide bonds. The first kappa shape index (κ1) is 23.2. The van der Waals surface area contributed by atoms with Crippen LogP contribution in [0.1, 0.15) is 43.9 Å². The predicted molar refractivity (Wildman–Crippen MR) is 123 cm³/mol. The van der Waals surface area contributed by atoms with E-state index in [1.54, 1.807) is 37.3 Å². The highest BCUT2D eigenvalue weighted by Gasteiger charge is 2.41. The highest BCUT2D eigenvalue weighted by molar-refractivity contribution is 7.89. The SMILES string of the molecule is Cc1ccc(C(CN2CCN[C@H](C)C2)Oc2ccc(S(=O)(=O)NC3(C)CC3)cc2)cc1F. The maximum Gasteiger partial charge on any atom is 0.241 e. The van der Waals surface area contributed by atoms with E-state index in [1.807, 2.05) is 13.0 Å². The molecule has 32 heavy (non-hydrogen) atoms. The van der Waals surface area contributed by atoms with Gasteiger partial charge in [-0.3, -0.25) is 4.90 Å². The molecule has 0 spiro atoms. The van der Waals surface area contributed by atoms with Gasteiger partial charge in [-0.25, -0.2) is 17.5 Å². The second kappa shape index (κ2) is 9.09. The molecule has 174 valence electrons. The van der Waals surface area contributed by atoms with Crippen molar-refractivity contribution in [3.8, 4) is 5.75 Å². The van der Waals surface area contributed by atoms with Gasteiger partial charge in [-0.15, -0.1) is 0 Å². The average Bonchev–Trinajstić information content (AvgIpc) is 3.45. The molecule has 1 unspecified atom stereocenters. The Kier molecular flexibility index (Phi) is 6.58. The minimum Gasteiger partial charge on any atom is -0.484 e. The van der Waals surface area contributed by atoms with Crippen molar-refractivity contribution >= 4 is 10.0 Å². The summed E-state index contributed by atoms with van der Waals surface area (Å²) in [5.74, 6) is 0.293. The topological polar surface area (TPSA) is 70.7 Å². The average molecular weight is 462 g/mol. The van der Waals surface area contributed by atoms with Crippen LogP contribution in [0.2, 0.25) is 0 Å². The number of rotatable bonds is 8. The Balaban J connectivity index is 1.52. The zero-order valence-electron chi connectivity index (χ0n) is 18.9. The van der Waals surface area contributed by atoms with Crippen molar-refractivity contribution in [1.29, 1.82) is 0 Å². The summed E-state index contributed by atoms with van der Waals surface area (Å²) in [5.41, 5.74) is 1.03. The zero-order valence-corrected chi connectivity index (χ0v) is 19.7. The van der Waals surface area contributed by atoms with E-state index >= 15 is 0 Å². The van der Waals surface area contributed by atoms with Crippen LogP contribution in [-0.4, -0.2) is 51.1 Å². The fourth-order valence-corrected chi connectivity index (χ4v) is 5.43. The Hall–Kier alpha value is -2.00. The Morgan fingerprint density at radius 2 is 1.97 bits per heavy atom. The number of hydrogen-bond donors (Lipinski definition) is 2. The van der Waals surface area contributed by atoms with Crippen molar-refractivity contribution in [1.82, 2.24) is 14.9 Å². The van der Waals surface area contributed by atoms with Gasteiger partial charge in [0.1, 0.15) is 17.7 Å². The van der Waals surface area contributed by atoms with Crippen LogP contribution < -0.4 is 14.8 Å². The van der Waals surface area contributed by atoms with Gasteiger partial charge in [0, 0.05) is 37.8 Å². The lowest BCUT2D eigenvalue weighted by Crippen LogP contribution is -2.50. The first-order valence-electron chi connectivity index (χ1n) is 11.2. The maximum absolute atomic E-state index is 14.3. The summed E-state index contributed by atoms with van der Waals surface area (Å²) in [5, 5.41) is 3.43. The summed E-state index contributed by atoms with van der Waals surface area (Å²) in [7, 11) is -3.56. The van der Waals surface area contributed by atoms with Crippen molar-refractivity contribution in [3.63, 3.8) is 0 Å². The van der Waals surface area contributed by atoms with Crippen molar-refractivity contribution < 1.29 is 17.5 Å². The van der Waals surface area contributed by atoms with E-state index in [4.69, 9.17) is 4.74 Å². The molecule has 2 aliphatic rings. The van der Waals surface area contributed by atoms with Crippen molar-refractivity contribution in [3.05, 3.63) is 59.4 Å². The highest BCUT2D eigenvalue weighted by atomic mass is 32.2. The molecule has 8 heteroatoms. The number of sulfonamides is 1. The van der Waals surface area contributed by atoms with Crippen LogP contribution >= 0.6 is 0 Å². The normalized spacial score (nSPS) is 21.8. The summed E-state index contributed by atoms with van der Waals surface area (Å²) in [4.78, 5) is 2.52. The fourth-order valence-electron chi connectivity index (χ4n) is 3.97. The Morgan fingerprint density at radius 1 is 1.25 bits per heavy atom. The number of piperazine rings is 1. The van der Waals surface area contributed by atoms with Gasteiger partial charge < -0.3 is 10.1 Å². The molecule has 1 heterocycles. The Bertz CT molecular complexity index is 1050. The van der Waals surface area contributed by atoms with E-state index in [2.05, 4.69) is 21.9 Å². The van der Waals surface area contributed by atoms with Crippen LogP contribution in [0, 0.1) is 12.7 Å². The van der Waals surface area contributed by atoms with Crippen LogP contribution in [0.15, 0.2) is 47.4 Å². The third-order valence-corrected chi connectivity index (χ3v) is 7.89. The van der Waals surface area contributed by atoms with Gasteiger partial charge in [-0.1, -0.05) is 12.1 Å². The molecule has 0 bridgehead atoms. The zero-order chi connectivity index (χ0) is 22.9. The molecule has 1 aliphatic heterocycles. The van der Waals surface area contributed by atoms with E-state index in [-0.39, 0.29) is 22.4 Å². The van der Waals surface area contributed by atoms with Crippen LogP contribution in [0.5, 0.6) is 5.75 Å². The molecule has 0 aromatic heterocycles. The molecule has 2 aromatic rings. The van der Waals surface area contributed by atoms with Crippen molar-refractivity contribution in [2.24, 2.45) is 0 Å². The lowest BCUT2D eigenvalue weighted by Gasteiger charge is -2.34. The smallest absolute Gasteiger partial charge is 0.241 e. The number of halogens is 1. The quantitative estimate of drug-likeness (QED) is 0.631. The number of ether oxygens (including phenoxy) is 1. The van der Waals surface area contributed by atoms with Crippen molar-refractivity contribution in [2.45, 2.75) is 56.2 Å². The van der Waals surface area contributed by atoms with Gasteiger partial charge in [0.2, 0.25) is 10.0 Å². The van der Waals surface area contributed by atoms with E-state index in [0.717, 1.165) is 38.0 Å². The second-order valence-corrected chi connectivity index (χ2v) is 11.0. The minimum atomic E-state index is -3.56. The number of nitrogens with zero attached hydrogens (tertiary/aromatic N) is 1. The number of nitrogens with one attached hydrogen (secondary N) is 2. The molecule has 2 N–H and O–H groups in total. The standard InChI is InChI=1S/C24H32FN3O3S/c1-17-4-5-19(14-22(17)25)23(16-28-13-12-26-18(2)15-28)31-20-6-8-21(9-7-20)32(29,30)27-24(3)10-11-24/h4-9,14,18,23,26-27H,10-13,15-16H2,1-3H3/t18-,23?/m1/s1. The van der Waals surface area contributed by atoms with Crippen molar-refractivity contribution in [2.75, 3.05) is 26.2 Å². The maximum atomic E-state index is 14.3. The van der Waals surface area contributed by atoms with Gasteiger partial charge >= 0.3 is 0 Å². The number of aryl methyl sites for hydroxylation is 1. The van der Waals surface area contributed by atoms with Crippen LogP contribution in [0.3, 0.4) is 0 Å². The monoisotopic (exact) mass is 461 g/mol. The molecule has 2 fully saturated rings. The molecular weight excluding hydrogens is 429 g/mol. The number of hydrogen-bond acceptors (Lipinski definition) is 5. The third-order valence-electron chi connectivity index (χ3n) is 6.24. The molecule has 2 aromatic carbocycles. The summed E-state index contributed by atoms with van der Waals surface area (Å²) in [6, 6.07) is 12.0. The Labute approximate surface area is 190 Å². The van der Waals surface area contributed by atoms with Crippen LogP contribution in [0.4, 0.5) is 4.39 Å². The van der Waals surface area contributed by atoms with E-state index in [0.29, 0.717) is 23.9 Å². The molecule has 2 atom stereocenters. The minimum absolute atomic E-state index is 0.215. The van der Waals surface area contributed by atoms with E-state index in [9.17, 15) is 12.8 Å². The van der Waals surface area contributed by atoms with Gasteiger partial charge in [0.15, 0.2) is 0 Å². The van der Waals surface area contributed by atoms with Crippen LogP contribution in [0.25, 0.3) is 0 Å². The Morgan fingerprint density at radius 3 is 2.59 bits per heavy atom. The van der Waals surface area contributed by atoms with Gasteiger partial charge in [-0.05, 0) is 75.1 Å². The lowest BCUT2D eigenvalue weighted by molar-refractivity contribution is 0.112. The lowest BCUT2D eigenvalue weighted by atomic mass is 10.1. The molecule has 4 rings (SSSR count). The first-order chi connectivity index (χ1) is 15.1. The summed E-state index contributed by atoms with van der Waals surface area (Å²) >= 11 is 0. The third kappa shape index (κ3) is 5.67. The molecular formula is C24H32FN3O3S. The summed E-state index contributed by atoms with van der Waals surface area (Å²) < 4.78 is 48.5.